The molecule has 1 N–H and O–H groups in total. The molecule has 0 aromatic heterocycles. The summed E-state index contributed by atoms with van der Waals surface area (Å²) in [7, 11) is 4.48. The number of hydrogen-bond acceptors (Lipinski definition) is 3. The first kappa shape index (κ1) is 14.3. The van der Waals surface area contributed by atoms with Gasteiger partial charge < -0.3 is 15.1 Å². The third-order valence-corrected chi connectivity index (χ3v) is 4.84. The summed E-state index contributed by atoms with van der Waals surface area (Å²) in [6.07, 6.45) is 6.98. The first-order valence-electron chi connectivity index (χ1n) is 7.82. The standard InChI is InChI=1S/C15H31N3/c1-17-9-4-14(5-10-17)3-8-16-13-15-6-11-18(2)12-7-15/h14-16H,3-13H2,1-2H3. The van der Waals surface area contributed by atoms with Gasteiger partial charge in [-0.3, -0.25) is 0 Å². The van der Waals surface area contributed by atoms with Crippen molar-refractivity contribution in [2.75, 3.05) is 53.4 Å². The molecule has 2 heterocycles. The first-order valence-corrected chi connectivity index (χ1v) is 7.82. The smallest absolute Gasteiger partial charge is 0.00187 e. The number of nitrogens with one attached hydrogen (secondary N) is 1. The molecule has 106 valence electrons. The van der Waals surface area contributed by atoms with Crippen molar-refractivity contribution in [3.05, 3.63) is 0 Å². The second-order valence-corrected chi connectivity index (χ2v) is 6.49. The van der Waals surface area contributed by atoms with Gasteiger partial charge in [-0.1, -0.05) is 0 Å². The molecular formula is C15H31N3. The summed E-state index contributed by atoms with van der Waals surface area (Å²) in [5, 5.41) is 3.70. The molecule has 2 aliphatic heterocycles. The summed E-state index contributed by atoms with van der Waals surface area (Å²) < 4.78 is 0. The summed E-state index contributed by atoms with van der Waals surface area (Å²) in [5.41, 5.74) is 0. The highest BCUT2D eigenvalue weighted by molar-refractivity contribution is 4.73. The maximum Gasteiger partial charge on any atom is -0.00187 e. The van der Waals surface area contributed by atoms with Crippen LogP contribution in [0.25, 0.3) is 0 Å². The third kappa shape index (κ3) is 4.87. The Morgan fingerprint density at radius 2 is 1.33 bits per heavy atom. The van der Waals surface area contributed by atoms with Gasteiger partial charge >= 0.3 is 0 Å². The van der Waals surface area contributed by atoms with Gasteiger partial charge in [0.15, 0.2) is 0 Å². The van der Waals surface area contributed by atoms with E-state index in [2.05, 4.69) is 29.2 Å². The molecule has 0 atom stereocenters. The molecule has 0 aromatic carbocycles. The number of piperidine rings is 2. The Balaban J connectivity index is 1.48. The highest BCUT2D eigenvalue weighted by Gasteiger charge is 2.18. The molecule has 18 heavy (non-hydrogen) atoms. The molecule has 0 saturated carbocycles. The fourth-order valence-corrected chi connectivity index (χ4v) is 3.23. The van der Waals surface area contributed by atoms with Gasteiger partial charge in [-0.2, -0.15) is 0 Å². The molecule has 2 fully saturated rings. The molecule has 0 radical (unpaired) electrons. The first-order chi connectivity index (χ1) is 8.74. The average molecular weight is 253 g/mol. The maximum absolute atomic E-state index is 3.70. The van der Waals surface area contributed by atoms with Crippen molar-refractivity contribution in [1.82, 2.24) is 15.1 Å². The minimum Gasteiger partial charge on any atom is -0.316 e. The lowest BCUT2D eigenvalue weighted by Gasteiger charge is -2.30. The van der Waals surface area contributed by atoms with Crippen LogP contribution < -0.4 is 5.32 Å². The monoisotopic (exact) mass is 253 g/mol. The SMILES string of the molecule is CN1CCC(CCNCC2CCN(C)CC2)CC1. The van der Waals surface area contributed by atoms with Gasteiger partial charge in [0, 0.05) is 0 Å². The molecule has 2 rings (SSSR count). The average Bonchev–Trinajstić information content (AvgIpc) is 2.39. The van der Waals surface area contributed by atoms with Gasteiger partial charge in [-0.25, -0.2) is 0 Å². The normalized spacial score (nSPS) is 25.7. The van der Waals surface area contributed by atoms with Crippen LogP contribution in [0.1, 0.15) is 32.1 Å². The van der Waals surface area contributed by atoms with E-state index < -0.39 is 0 Å². The summed E-state index contributed by atoms with van der Waals surface area (Å²) in [5.74, 6) is 1.91. The van der Waals surface area contributed by atoms with Gasteiger partial charge in [-0.15, -0.1) is 0 Å². The quantitative estimate of drug-likeness (QED) is 0.752. The molecule has 2 aliphatic rings. The fourth-order valence-electron chi connectivity index (χ4n) is 3.23. The number of likely N-dealkylation sites (tertiary alicyclic amines) is 2. The summed E-state index contributed by atoms with van der Waals surface area (Å²) in [6.45, 7) is 7.68. The Morgan fingerprint density at radius 3 is 1.89 bits per heavy atom. The van der Waals surface area contributed by atoms with Crippen LogP contribution in [-0.2, 0) is 0 Å². The van der Waals surface area contributed by atoms with E-state index >= 15 is 0 Å². The van der Waals surface area contributed by atoms with E-state index in [0.717, 1.165) is 11.8 Å². The Bertz CT molecular complexity index is 192. The third-order valence-electron chi connectivity index (χ3n) is 4.84. The fraction of sp³-hybridized carbons (Fsp3) is 1.00. The minimum atomic E-state index is 0.929. The van der Waals surface area contributed by atoms with E-state index in [9.17, 15) is 0 Å². The molecule has 0 amide bonds. The lowest BCUT2D eigenvalue weighted by molar-refractivity contribution is 0.203. The molecule has 3 nitrogen and oxygen atoms in total. The zero-order chi connectivity index (χ0) is 12.8. The Kier molecular flexibility index (Phi) is 5.93. The summed E-state index contributed by atoms with van der Waals surface area (Å²) >= 11 is 0. The van der Waals surface area contributed by atoms with Gasteiger partial charge in [0.25, 0.3) is 0 Å². The Hall–Kier alpha value is -0.120. The van der Waals surface area contributed by atoms with Crippen LogP contribution in [0.15, 0.2) is 0 Å². The molecule has 0 spiro atoms. The maximum atomic E-state index is 3.70. The van der Waals surface area contributed by atoms with Crippen LogP contribution in [-0.4, -0.2) is 63.2 Å². The predicted molar refractivity (Wildman–Crippen MR) is 77.9 cm³/mol. The van der Waals surface area contributed by atoms with Crippen LogP contribution in [0.5, 0.6) is 0 Å². The van der Waals surface area contributed by atoms with Gasteiger partial charge in [0.2, 0.25) is 0 Å². The molecule has 2 saturated heterocycles. The van der Waals surface area contributed by atoms with Gasteiger partial charge in [0.05, 0.1) is 0 Å². The second-order valence-electron chi connectivity index (χ2n) is 6.49. The van der Waals surface area contributed by atoms with Gasteiger partial charge in [0.1, 0.15) is 0 Å². The van der Waals surface area contributed by atoms with Crippen LogP contribution in [0.4, 0.5) is 0 Å². The van der Waals surface area contributed by atoms with E-state index in [4.69, 9.17) is 0 Å². The predicted octanol–water partition coefficient (Wildman–Crippen LogP) is 1.65. The van der Waals surface area contributed by atoms with Crippen LogP contribution >= 0.6 is 0 Å². The van der Waals surface area contributed by atoms with Crippen molar-refractivity contribution in [1.29, 1.82) is 0 Å². The Labute approximate surface area is 113 Å². The molecule has 3 heteroatoms. The Morgan fingerprint density at radius 1 is 0.833 bits per heavy atom. The van der Waals surface area contributed by atoms with Crippen LogP contribution in [0.3, 0.4) is 0 Å². The van der Waals surface area contributed by atoms with E-state index in [0.29, 0.717) is 0 Å². The van der Waals surface area contributed by atoms with Crippen molar-refractivity contribution in [2.45, 2.75) is 32.1 Å². The highest BCUT2D eigenvalue weighted by atomic mass is 15.1. The van der Waals surface area contributed by atoms with E-state index in [1.807, 2.05) is 0 Å². The second kappa shape index (κ2) is 7.46. The zero-order valence-electron chi connectivity index (χ0n) is 12.3. The van der Waals surface area contributed by atoms with Crippen molar-refractivity contribution in [3.8, 4) is 0 Å². The van der Waals surface area contributed by atoms with Crippen molar-refractivity contribution >= 4 is 0 Å². The lowest BCUT2D eigenvalue weighted by Crippen LogP contribution is -2.36. The lowest BCUT2D eigenvalue weighted by atomic mass is 9.93. The van der Waals surface area contributed by atoms with E-state index in [-0.39, 0.29) is 0 Å². The number of rotatable bonds is 5. The van der Waals surface area contributed by atoms with Crippen molar-refractivity contribution in [3.63, 3.8) is 0 Å². The van der Waals surface area contributed by atoms with E-state index in [1.54, 1.807) is 0 Å². The molecule has 0 unspecified atom stereocenters. The molecular weight excluding hydrogens is 222 g/mol. The van der Waals surface area contributed by atoms with Crippen LogP contribution in [0.2, 0.25) is 0 Å². The molecule has 0 bridgehead atoms. The largest absolute Gasteiger partial charge is 0.316 e. The minimum absolute atomic E-state index is 0.929. The van der Waals surface area contributed by atoms with Crippen molar-refractivity contribution in [2.24, 2.45) is 11.8 Å². The van der Waals surface area contributed by atoms with Crippen molar-refractivity contribution < 1.29 is 0 Å². The summed E-state index contributed by atoms with van der Waals surface area (Å²) in [4.78, 5) is 4.91. The number of hydrogen-bond donors (Lipinski definition) is 1. The van der Waals surface area contributed by atoms with Gasteiger partial charge in [-0.05, 0) is 97.3 Å². The van der Waals surface area contributed by atoms with Crippen LogP contribution in [0, 0.1) is 11.8 Å². The zero-order valence-corrected chi connectivity index (χ0v) is 12.3. The molecule has 0 aromatic rings. The molecule has 0 aliphatic carbocycles. The number of nitrogens with zero attached hydrogens (tertiary/aromatic N) is 2. The topological polar surface area (TPSA) is 18.5 Å². The highest BCUT2D eigenvalue weighted by Crippen LogP contribution is 2.19. The summed E-state index contributed by atoms with van der Waals surface area (Å²) in [6, 6.07) is 0. The van der Waals surface area contributed by atoms with E-state index in [1.165, 1.54) is 71.4 Å².